The van der Waals surface area contributed by atoms with E-state index in [-0.39, 0.29) is 17.9 Å². The maximum absolute atomic E-state index is 12.2. The molecular weight excluding hydrogens is 352 g/mol. The van der Waals surface area contributed by atoms with Crippen molar-refractivity contribution in [2.24, 2.45) is 5.92 Å². The minimum absolute atomic E-state index is 0.189. The predicted molar refractivity (Wildman–Crippen MR) is 104 cm³/mol. The first-order valence-corrected chi connectivity index (χ1v) is 9.39. The number of carbonyl (C=O) groups excluding carboxylic acids is 2. The van der Waals surface area contributed by atoms with Crippen LogP contribution in [0.25, 0.3) is 0 Å². The third kappa shape index (κ3) is 3.49. The molecule has 1 saturated heterocycles. The summed E-state index contributed by atoms with van der Waals surface area (Å²) in [7, 11) is 0. The van der Waals surface area contributed by atoms with Crippen LogP contribution in [0.1, 0.15) is 33.5 Å². The SMILES string of the molecule is Cc1ccc(C23CC2CN(CC(=O)NNC(=O)c2cccc(C#N)c2)C3)cc1. The topological polar surface area (TPSA) is 85.2 Å². The second-order valence-corrected chi connectivity index (χ2v) is 7.79. The second kappa shape index (κ2) is 7.10. The van der Waals surface area contributed by atoms with E-state index >= 15 is 0 Å². The number of piperidine rings is 1. The van der Waals surface area contributed by atoms with E-state index in [1.165, 1.54) is 23.6 Å². The van der Waals surface area contributed by atoms with Gasteiger partial charge in [0, 0.05) is 24.1 Å². The number of nitrogens with zero attached hydrogens (tertiary/aromatic N) is 2. The summed E-state index contributed by atoms with van der Waals surface area (Å²) in [4.78, 5) is 26.5. The van der Waals surface area contributed by atoms with Crippen LogP contribution in [0.2, 0.25) is 0 Å². The Morgan fingerprint density at radius 3 is 2.75 bits per heavy atom. The lowest BCUT2D eigenvalue weighted by Gasteiger charge is -2.20. The molecule has 6 heteroatoms. The molecule has 6 nitrogen and oxygen atoms in total. The summed E-state index contributed by atoms with van der Waals surface area (Å²) in [6.45, 7) is 4.11. The van der Waals surface area contributed by atoms with Crippen molar-refractivity contribution in [2.45, 2.75) is 18.8 Å². The highest BCUT2D eigenvalue weighted by Crippen LogP contribution is 2.58. The Morgan fingerprint density at radius 1 is 1.21 bits per heavy atom. The summed E-state index contributed by atoms with van der Waals surface area (Å²) < 4.78 is 0. The summed E-state index contributed by atoms with van der Waals surface area (Å²) in [6, 6.07) is 17.0. The Morgan fingerprint density at radius 2 is 2.00 bits per heavy atom. The molecule has 1 aliphatic carbocycles. The molecule has 28 heavy (non-hydrogen) atoms. The molecule has 4 rings (SSSR count). The van der Waals surface area contributed by atoms with Gasteiger partial charge in [-0.1, -0.05) is 35.9 Å². The zero-order chi connectivity index (χ0) is 19.7. The minimum atomic E-state index is -0.439. The Kier molecular flexibility index (Phi) is 4.62. The highest BCUT2D eigenvalue weighted by atomic mass is 16.2. The van der Waals surface area contributed by atoms with E-state index in [9.17, 15) is 9.59 Å². The Balaban J connectivity index is 1.29. The van der Waals surface area contributed by atoms with Crippen LogP contribution in [0.15, 0.2) is 48.5 Å². The first-order chi connectivity index (χ1) is 13.5. The Bertz CT molecular complexity index is 963. The van der Waals surface area contributed by atoms with Gasteiger partial charge < -0.3 is 0 Å². The highest BCUT2D eigenvalue weighted by molar-refractivity contribution is 5.95. The maximum Gasteiger partial charge on any atom is 0.269 e. The van der Waals surface area contributed by atoms with Gasteiger partial charge >= 0.3 is 0 Å². The van der Waals surface area contributed by atoms with Gasteiger partial charge in [0.15, 0.2) is 0 Å². The lowest BCUT2D eigenvalue weighted by molar-refractivity contribution is -0.122. The number of hydrogen-bond donors (Lipinski definition) is 2. The van der Waals surface area contributed by atoms with Crippen LogP contribution in [0, 0.1) is 24.2 Å². The van der Waals surface area contributed by atoms with Gasteiger partial charge in [-0.25, -0.2) is 0 Å². The fraction of sp³-hybridized carbons (Fsp3) is 0.318. The smallest absolute Gasteiger partial charge is 0.269 e. The largest absolute Gasteiger partial charge is 0.293 e. The monoisotopic (exact) mass is 374 g/mol. The van der Waals surface area contributed by atoms with Gasteiger partial charge in [0.05, 0.1) is 18.2 Å². The van der Waals surface area contributed by atoms with Gasteiger partial charge in [-0.2, -0.15) is 5.26 Å². The van der Waals surface area contributed by atoms with E-state index < -0.39 is 5.91 Å². The zero-order valence-corrected chi connectivity index (χ0v) is 15.7. The van der Waals surface area contributed by atoms with E-state index in [0.29, 0.717) is 17.0 Å². The fourth-order valence-corrected chi connectivity index (χ4v) is 4.21. The molecule has 2 unspecified atom stereocenters. The molecule has 2 amide bonds. The van der Waals surface area contributed by atoms with Gasteiger partial charge in [-0.05, 0) is 43.0 Å². The molecule has 2 aliphatic rings. The number of hydrazine groups is 1. The summed E-state index contributed by atoms with van der Waals surface area (Å²) in [5.41, 5.74) is 8.42. The van der Waals surface area contributed by atoms with E-state index in [0.717, 1.165) is 13.1 Å². The van der Waals surface area contributed by atoms with Crippen molar-refractivity contribution in [1.82, 2.24) is 15.8 Å². The van der Waals surface area contributed by atoms with E-state index in [1.807, 2.05) is 6.07 Å². The van der Waals surface area contributed by atoms with Crippen LogP contribution in [-0.4, -0.2) is 36.3 Å². The number of nitriles is 1. The Labute approximate surface area is 164 Å². The number of nitrogens with one attached hydrogen (secondary N) is 2. The molecule has 0 bridgehead atoms. The third-order valence-electron chi connectivity index (χ3n) is 5.78. The summed E-state index contributed by atoms with van der Waals surface area (Å²) >= 11 is 0. The molecule has 1 heterocycles. The third-order valence-corrected chi connectivity index (χ3v) is 5.78. The standard InChI is InChI=1S/C22H22N4O2/c1-15-5-7-18(8-6-15)22-10-19(22)12-26(14-22)13-20(27)24-25-21(28)17-4-2-3-16(9-17)11-23/h2-9,19H,10,12-14H2,1H3,(H,24,27)(H,25,28). The summed E-state index contributed by atoms with van der Waals surface area (Å²) in [5, 5.41) is 8.91. The van der Waals surface area contributed by atoms with Crippen LogP contribution in [-0.2, 0) is 10.2 Å². The molecule has 2 aromatic rings. The second-order valence-electron chi connectivity index (χ2n) is 7.79. The van der Waals surface area contributed by atoms with E-state index in [1.54, 1.807) is 18.2 Å². The quantitative estimate of drug-likeness (QED) is 0.801. The normalized spacial score (nSPS) is 22.8. The maximum atomic E-state index is 12.2. The van der Waals surface area contributed by atoms with Crippen molar-refractivity contribution in [3.05, 3.63) is 70.8 Å². The van der Waals surface area contributed by atoms with Crippen molar-refractivity contribution < 1.29 is 9.59 Å². The highest BCUT2D eigenvalue weighted by Gasteiger charge is 2.60. The molecule has 2 atom stereocenters. The van der Waals surface area contributed by atoms with Crippen LogP contribution in [0.4, 0.5) is 0 Å². The number of rotatable bonds is 4. The Hall–Kier alpha value is -3.17. The molecule has 2 N–H and O–H groups in total. The molecular formula is C22H22N4O2. The van der Waals surface area contributed by atoms with Gasteiger partial charge in [0.25, 0.3) is 11.8 Å². The predicted octanol–water partition coefficient (Wildman–Crippen LogP) is 1.90. The number of amides is 2. The lowest BCUT2D eigenvalue weighted by Crippen LogP contribution is -2.46. The fourth-order valence-electron chi connectivity index (χ4n) is 4.21. The number of likely N-dealkylation sites (tertiary alicyclic amines) is 1. The first-order valence-electron chi connectivity index (χ1n) is 9.39. The van der Waals surface area contributed by atoms with E-state index in [4.69, 9.17) is 5.26 Å². The van der Waals surface area contributed by atoms with Crippen LogP contribution in [0.5, 0.6) is 0 Å². The van der Waals surface area contributed by atoms with Gasteiger partial charge in [-0.15, -0.1) is 0 Å². The van der Waals surface area contributed by atoms with Gasteiger partial charge in [0.1, 0.15) is 0 Å². The minimum Gasteiger partial charge on any atom is -0.293 e. The molecule has 142 valence electrons. The van der Waals surface area contributed by atoms with Crippen LogP contribution < -0.4 is 10.9 Å². The van der Waals surface area contributed by atoms with Crippen LogP contribution in [0.3, 0.4) is 0 Å². The molecule has 0 spiro atoms. The molecule has 1 aliphatic heterocycles. The van der Waals surface area contributed by atoms with Crippen molar-refractivity contribution in [3.63, 3.8) is 0 Å². The average molecular weight is 374 g/mol. The van der Waals surface area contributed by atoms with Crippen LogP contribution >= 0.6 is 0 Å². The van der Waals surface area contributed by atoms with Gasteiger partial charge in [-0.3, -0.25) is 25.3 Å². The average Bonchev–Trinajstić information content (AvgIpc) is 3.28. The first kappa shape index (κ1) is 18.2. The molecule has 2 fully saturated rings. The van der Waals surface area contributed by atoms with Gasteiger partial charge in [0.2, 0.25) is 0 Å². The molecule has 2 aromatic carbocycles. The zero-order valence-electron chi connectivity index (χ0n) is 15.7. The number of aryl methyl sites for hydroxylation is 1. The molecule has 0 radical (unpaired) electrons. The lowest BCUT2D eigenvalue weighted by atomic mass is 9.94. The van der Waals surface area contributed by atoms with Crippen molar-refractivity contribution in [1.29, 1.82) is 5.26 Å². The number of carbonyl (C=O) groups is 2. The number of hydrogen-bond acceptors (Lipinski definition) is 4. The van der Waals surface area contributed by atoms with Crippen molar-refractivity contribution >= 4 is 11.8 Å². The van der Waals surface area contributed by atoms with E-state index in [2.05, 4.69) is 46.9 Å². The van der Waals surface area contributed by atoms with Crippen molar-refractivity contribution in [3.8, 4) is 6.07 Å². The molecule has 1 saturated carbocycles. The molecule has 0 aromatic heterocycles. The number of fused-ring (bicyclic) bond motifs is 1. The summed E-state index contributed by atoms with van der Waals surface area (Å²) in [5.74, 6) is -0.0812. The summed E-state index contributed by atoms with van der Waals surface area (Å²) in [6.07, 6.45) is 1.18. The number of benzene rings is 2. The van der Waals surface area contributed by atoms with Crippen molar-refractivity contribution in [2.75, 3.05) is 19.6 Å².